The quantitative estimate of drug-likeness (QED) is 0.875. The summed E-state index contributed by atoms with van der Waals surface area (Å²) in [6, 6.07) is 5.85. The van der Waals surface area contributed by atoms with Crippen LogP contribution in [-0.4, -0.2) is 10.2 Å². The fourth-order valence-corrected chi connectivity index (χ4v) is 1.34. The average molecular weight is 232 g/mol. The topological polar surface area (TPSA) is 74.7 Å². The van der Waals surface area contributed by atoms with Crippen LogP contribution in [0.15, 0.2) is 22.6 Å². The zero-order chi connectivity index (χ0) is 12.3. The fraction of sp³-hybridized carbons (Fsp3) is 0.182. The van der Waals surface area contributed by atoms with Crippen molar-refractivity contribution in [3.8, 4) is 6.07 Å². The predicted octanol–water partition coefficient (Wildman–Crippen LogP) is 2.00. The van der Waals surface area contributed by atoms with Crippen molar-refractivity contribution in [2.24, 2.45) is 0 Å². The van der Waals surface area contributed by atoms with Crippen LogP contribution in [0.3, 0.4) is 0 Å². The van der Waals surface area contributed by atoms with Crippen LogP contribution in [0.4, 0.5) is 10.1 Å². The highest BCUT2D eigenvalue weighted by Gasteiger charge is 2.06. The van der Waals surface area contributed by atoms with E-state index in [4.69, 9.17) is 9.68 Å². The highest BCUT2D eigenvalue weighted by molar-refractivity contribution is 5.57. The number of rotatable bonds is 3. The van der Waals surface area contributed by atoms with Crippen molar-refractivity contribution < 1.29 is 8.81 Å². The molecule has 17 heavy (non-hydrogen) atoms. The Morgan fingerprint density at radius 1 is 1.47 bits per heavy atom. The number of aromatic nitrogens is 2. The largest absolute Gasteiger partial charge is 0.424 e. The lowest BCUT2D eigenvalue weighted by Gasteiger charge is -2.05. The van der Waals surface area contributed by atoms with Crippen molar-refractivity contribution in [1.29, 1.82) is 5.26 Å². The molecule has 0 saturated heterocycles. The third-order valence-corrected chi connectivity index (χ3v) is 2.10. The van der Waals surface area contributed by atoms with E-state index in [2.05, 4.69) is 15.5 Å². The molecule has 0 atom stereocenters. The van der Waals surface area contributed by atoms with Gasteiger partial charge in [-0.25, -0.2) is 4.39 Å². The first-order valence-electron chi connectivity index (χ1n) is 4.91. The van der Waals surface area contributed by atoms with Gasteiger partial charge in [-0.1, -0.05) is 0 Å². The van der Waals surface area contributed by atoms with Gasteiger partial charge < -0.3 is 9.73 Å². The number of benzene rings is 1. The van der Waals surface area contributed by atoms with E-state index in [-0.39, 0.29) is 5.56 Å². The standard InChI is InChI=1S/C11H9FN4O/c1-7-15-16-11(17-7)6-14-10-3-2-9(12)4-8(10)5-13/h2-4,14H,6H2,1H3. The molecule has 0 bridgehead atoms. The molecule has 0 spiro atoms. The van der Waals surface area contributed by atoms with Crippen LogP contribution in [0.25, 0.3) is 0 Å². The molecule has 86 valence electrons. The molecule has 0 saturated carbocycles. The lowest BCUT2D eigenvalue weighted by Crippen LogP contribution is -2.02. The summed E-state index contributed by atoms with van der Waals surface area (Å²) in [5, 5.41) is 19.2. The molecule has 0 fully saturated rings. The first-order valence-corrected chi connectivity index (χ1v) is 4.91. The molecule has 0 radical (unpaired) electrons. The Kier molecular flexibility index (Phi) is 3.01. The van der Waals surface area contributed by atoms with Crippen LogP contribution in [0.1, 0.15) is 17.3 Å². The molecule has 0 aliphatic heterocycles. The van der Waals surface area contributed by atoms with Crippen molar-refractivity contribution in [3.63, 3.8) is 0 Å². The van der Waals surface area contributed by atoms with E-state index in [1.807, 2.05) is 6.07 Å². The number of hydrogen-bond donors (Lipinski definition) is 1. The van der Waals surface area contributed by atoms with Gasteiger partial charge in [-0.15, -0.1) is 10.2 Å². The van der Waals surface area contributed by atoms with Gasteiger partial charge in [-0.2, -0.15) is 5.26 Å². The molecular formula is C11H9FN4O. The maximum Gasteiger partial charge on any atom is 0.235 e. The summed E-state index contributed by atoms with van der Waals surface area (Å²) in [5.41, 5.74) is 0.769. The minimum atomic E-state index is -0.444. The molecule has 6 heteroatoms. The van der Waals surface area contributed by atoms with Crippen LogP contribution in [0.5, 0.6) is 0 Å². The van der Waals surface area contributed by atoms with Crippen LogP contribution < -0.4 is 5.32 Å². The van der Waals surface area contributed by atoms with E-state index in [0.29, 0.717) is 24.0 Å². The van der Waals surface area contributed by atoms with Gasteiger partial charge >= 0.3 is 0 Å². The maximum atomic E-state index is 12.9. The molecule has 5 nitrogen and oxygen atoms in total. The Morgan fingerprint density at radius 3 is 2.94 bits per heavy atom. The zero-order valence-electron chi connectivity index (χ0n) is 9.07. The number of nitrogens with one attached hydrogen (secondary N) is 1. The summed E-state index contributed by atoms with van der Waals surface area (Å²) in [5.74, 6) is 0.442. The summed E-state index contributed by atoms with van der Waals surface area (Å²) >= 11 is 0. The van der Waals surface area contributed by atoms with Gasteiger partial charge in [-0.05, 0) is 18.2 Å². The summed E-state index contributed by atoms with van der Waals surface area (Å²) in [7, 11) is 0. The summed E-state index contributed by atoms with van der Waals surface area (Å²) < 4.78 is 18.0. The molecule has 0 amide bonds. The van der Waals surface area contributed by atoms with Crippen molar-refractivity contribution in [2.75, 3.05) is 5.32 Å². The number of hydrogen-bond acceptors (Lipinski definition) is 5. The smallest absolute Gasteiger partial charge is 0.235 e. The Hall–Kier alpha value is -2.42. The first kappa shape index (κ1) is 11.1. The minimum Gasteiger partial charge on any atom is -0.424 e. The maximum absolute atomic E-state index is 12.9. The summed E-state index contributed by atoms with van der Waals surface area (Å²) in [6.07, 6.45) is 0. The second kappa shape index (κ2) is 4.61. The Balaban J connectivity index is 2.12. The number of aryl methyl sites for hydroxylation is 1. The van der Waals surface area contributed by atoms with E-state index in [1.165, 1.54) is 18.2 Å². The third kappa shape index (κ3) is 2.58. The Morgan fingerprint density at radius 2 is 2.29 bits per heavy atom. The zero-order valence-corrected chi connectivity index (χ0v) is 9.07. The van der Waals surface area contributed by atoms with Crippen LogP contribution >= 0.6 is 0 Å². The molecule has 1 aromatic carbocycles. The Bertz CT molecular complexity index is 573. The highest BCUT2D eigenvalue weighted by Crippen LogP contribution is 2.16. The number of nitriles is 1. The first-order chi connectivity index (χ1) is 8.19. The van der Waals surface area contributed by atoms with Crippen LogP contribution in [0, 0.1) is 24.1 Å². The van der Waals surface area contributed by atoms with Gasteiger partial charge in [0, 0.05) is 6.92 Å². The second-order valence-corrected chi connectivity index (χ2v) is 3.37. The third-order valence-electron chi connectivity index (χ3n) is 2.10. The highest BCUT2D eigenvalue weighted by atomic mass is 19.1. The lowest BCUT2D eigenvalue weighted by molar-refractivity contribution is 0.475. The van der Waals surface area contributed by atoms with Crippen LogP contribution in [-0.2, 0) is 6.54 Å². The van der Waals surface area contributed by atoms with E-state index >= 15 is 0 Å². The molecular weight excluding hydrogens is 223 g/mol. The monoisotopic (exact) mass is 232 g/mol. The molecule has 0 unspecified atom stereocenters. The van der Waals surface area contributed by atoms with Crippen molar-refractivity contribution in [1.82, 2.24) is 10.2 Å². The lowest BCUT2D eigenvalue weighted by atomic mass is 10.2. The van der Waals surface area contributed by atoms with Gasteiger partial charge in [0.15, 0.2) is 0 Å². The fourth-order valence-electron chi connectivity index (χ4n) is 1.34. The normalized spacial score (nSPS) is 9.94. The number of anilines is 1. The summed E-state index contributed by atoms with van der Waals surface area (Å²) in [4.78, 5) is 0. The van der Waals surface area contributed by atoms with E-state index < -0.39 is 5.82 Å². The van der Waals surface area contributed by atoms with Crippen molar-refractivity contribution in [3.05, 3.63) is 41.4 Å². The molecule has 1 heterocycles. The molecule has 0 aliphatic rings. The molecule has 0 aliphatic carbocycles. The predicted molar refractivity (Wildman–Crippen MR) is 57.5 cm³/mol. The van der Waals surface area contributed by atoms with Crippen LogP contribution in [0.2, 0.25) is 0 Å². The molecule has 1 aromatic heterocycles. The van der Waals surface area contributed by atoms with Crippen molar-refractivity contribution in [2.45, 2.75) is 13.5 Å². The van der Waals surface area contributed by atoms with Crippen molar-refractivity contribution >= 4 is 5.69 Å². The van der Waals surface area contributed by atoms with Gasteiger partial charge in [0.2, 0.25) is 11.8 Å². The van der Waals surface area contributed by atoms with E-state index in [9.17, 15) is 4.39 Å². The van der Waals surface area contributed by atoms with Gasteiger partial charge in [-0.3, -0.25) is 0 Å². The van der Waals surface area contributed by atoms with E-state index in [1.54, 1.807) is 6.92 Å². The van der Waals surface area contributed by atoms with E-state index in [0.717, 1.165) is 0 Å². The average Bonchev–Trinajstić information content (AvgIpc) is 2.73. The number of halogens is 1. The minimum absolute atomic E-state index is 0.237. The molecule has 1 N–H and O–H groups in total. The van der Waals surface area contributed by atoms with Gasteiger partial charge in [0.25, 0.3) is 0 Å². The Labute approximate surface area is 96.9 Å². The number of nitrogens with zero attached hydrogens (tertiary/aromatic N) is 3. The second-order valence-electron chi connectivity index (χ2n) is 3.37. The molecule has 2 rings (SSSR count). The molecule has 2 aromatic rings. The SMILES string of the molecule is Cc1nnc(CNc2ccc(F)cc2C#N)o1. The van der Waals surface area contributed by atoms with Gasteiger partial charge in [0.05, 0.1) is 17.8 Å². The van der Waals surface area contributed by atoms with Gasteiger partial charge in [0.1, 0.15) is 11.9 Å². The summed E-state index contributed by atoms with van der Waals surface area (Å²) in [6.45, 7) is 1.98.